The molecule has 0 bridgehead atoms. The Morgan fingerprint density at radius 2 is 1.87 bits per heavy atom. The molecular formula is C15H19N7O. The van der Waals surface area contributed by atoms with Crippen LogP contribution in [-0.4, -0.2) is 33.3 Å². The highest BCUT2D eigenvalue weighted by molar-refractivity contribution is 6.01. The van der Waals surface area contributed by atoms with Crippen LogP contribution in [0.4, 0.5) is 17.8 Å². The van der Waals surface area contributed by atoms with Crippen molar-refractivity contribution < 1.29 is 4.84 Å². The zero-order valence-corrected chi connectivity index (χ0v) is 13.1. The quantitative estimate of drug-likeness (QED) is 0.776. The number of benzene rings is 1. The lowest BCUT2D eigenvalue weighted by Crippen LogP contribution is -2.21. The lowest BCUT2D eigenvalue weighted by atomic mass is 10.0. The molecule has 8 nitrogen and oxygen atoms in total. The normalized spacial score (nSPS) is 16.8. The minimum atomic E-state index is -0.0918. The van der Waals surface area contributed by atoms with Crippen LogP contribution in [0.2, 0.25) is 0 Å². The molecule has 1 aromatic carbocycles. The number of hydrogen-bond acceptors (Lipinski definition) is 8. The minimum absolute atomic E-state index is 0.0828. The first-order valence-corrected chi connectivity index (χ1v) is 7.32. The summed E-state index contributed by atoms with van der Waals surface area (Å²) in [6.45, 7) is 4.68. The zero-order valence-electron chi connectivity index (χ0n) is 13.1. The number of nitrogen functional groups attached to an aromatic ring is 2. The third kappa shape index (κ3) is 3.47. The van der Waals surface area contributed by atoms with E-state index in [1.807, 2.05) is 0 Å². The molecule has 1 unspecified atom stereocenters. The Balaban J connectivity index is 1.59. The van der Waals surface area contributed by atoms with Crippen LogP contribution in [0.3, 0.4) is 0 Å². The van der Waals surface area contributed by atoms with Crippen LogP contribution < -0.4 is 16.8 Å². The molecule has 0 fully saturated rings. The summed E-state index contributed by atoms with van der Waals surface area (Å²) in [5.41, 5.74) is 15.6. The average Bonchev–Trinajstić information content (AvgIpc) is 2.96. The highest BCUT2D eigenvalue weighted by atomic mass is 16.6. The number of hydrogen-bond donors (Lipinski definition) is 3. The summed E-state index contributed by atoms with van der Waals surface area (Å²) >= 11 is 0. The van der Waals surface area contributed by atoms with Crippen LogP contribution in [0.5, 0.6) is 0 Å². The van der Waals surface area contributed by atoms with E-state index in [9.17, 15) is 0 Å². The van der Waals surface area contributed by atoms with Gasteiger partial charge in [0.1, 0.15) is 6.10 Å². The molecule has 0 aliphatic carbocycles. The molecule has 8 heteroatoms. The Hall–Kier alpha value is -2.90. The van der Waals surface area contributed by atoms with Crippen molar-refractivity contribution in [2.24, 2.45) is 5.16 Å². The molecule has 0 radical (unpaired) electrons. The predicted molar refractivity (Wildman–Crippen MR) is 89.1 cm³/mol. The Morgan fingerprint density at radius 1 is 1.13 bits per heavy atom. The fourth-order valence-corrected chi connectivity index (χ4v) is 2.32. The van der Waals surface area contributed by atoms with Crippen LogP contribution in [-0.2, 0) is 4.84 Å². The number of oxime groups is 1. The largest absolute Gasteiger partial charge is 0.390 e. The van der Waals surface area contributed by atoms with Gasteiger partial charge in [-0.3, -0.25) is 0 Å². The molecule has 0 amide bonds. The van der Waals surface area contributed by atoms with Crippen molar-refractivity contribution in [3.8, 4) is 0 Å². The van der Waals surface area contributed by atoms with E-state index in [0.29, 0.717) is 18.9 Å². The first-order valence-electron chi connectivity index (χ1n) is 7.32. The number of aromatic nitrogens is 3. The van der Waals surface area contributed by atoms with Crippen LogP contribution in [0.25, 0.3) is 0 Å². The van der Waals surface area contributed by atoms with E-state index in [1.165, 1.54) is 11.1 Å². The molecule has 1 atom stereocenters. The fraction of sp³-hybridized carbons (Fsp3) is 0.333. The third-order valence-electron chi connectivity index (χ3n) is 3.73. The Labute approximate surface area is 134 Å². The molecule has 1 aliphatic rings. The number of nitrogens with one attached hydrogen (secondary N) is 1. The van der Waals surface area contributed by atoms with Gasteiger partial charge in [-0.2, -0.15) is 15.0 Å². The second-order valence-corrected chi connectivity index (χ2v) is 5.52. The monoisotopic (exact) mass is 313 g/mol. The standard InChI is InChI=1S/C15H19N7O/c1-8-3-4-10(5-9(8)2)12-6-11(23-22-12)7-18-15-20-13(16)19-14(17)21-15/h3-5,11H,6-7H2,1-2H3,(H5,16,17,18,19,20,21). The van der Waals surface area contributed by atoms with Crippen LogP contribution in [0.15, 0.2) is 23.4 Å². The molecule has 5 N–H and O–H groups in total. The molecule has 2 heterocycles. The third-order valence-corrected chi connectivity index (χ3v) is 3.73. The lowest BCUT2D eigenvalue weighted by molar-refractivity contribution is 0.0948. The molecule has 0 saturated carbocycles. The molecule has 3 rings (SSSR count). The number of aryl methyl sites for hydroxylation is 2. The van der Waals surface area contributed by atoms with Crippen molar-refractivity contribution in [1.29, 1.82) is 0 Å². The summed E-state index contributed by atoms with van der Waals surface area (Å²) in [5.74, 6) is 0.497. The highest BCUT2D eigenvalue weighted by Gasteiger charge is 2.22. The van der Waals surface area contributed by atoms with Crippen LogP contribution in [0.1, 0.15) is 23.1 Å². The van der Waals surface area contributed by atoms with E-state index in [1.54, 1.807) is 0 Å². The van der Waals surface area contributed by atoms with E-state index >= 15 is 0 Å². The van der Waals surface area contributed by atoms with Gasteiger partial charge in [-0.25, -0.2) is 0 Å². The SMILES string of the molecule is Cc1ccc(C2=NOC(CNc3nc(N)nc(N)n3)C2)cc1C. The molecule has 0 saturated heterocycles. The van der Waals surface area contributed by atoms with E-state index in [4.69, 9.17) is 16.3 Å². The van der Waals surface area contributed by atoms with E-state index in [0.717, 1.165) is 11.3 Å². The topological polar surface area (TPSA) is 124 Å². The van der Waals surface area contributed by atoms with E-state index < -0.39 is 0 Å². The van der Waals surface area contributed by atoms with Gasteiger partial charge in [-0.1, -0.05) is 17.3 Å². The summed E-state index contributed by atoms with van der Waals surface area (Å²) in [5, 5.41) is 7.22. The molecule has 1 aromatic heterocycles. The molecule has 120 valence electrons. The van der Waals surface area contributed by atoms with E-state index in [2.05, 4.69) is 57.5 Å². The van der Waals surface area contributed by atoms with Gasteiger partial charge in [0.25, 0.3) is 0 Å². The summed E-state index contributed by atoms with van der Waals surface area (Å²) in [4.78, 5) is 17.1. The fourth-order valence-electron chi connectivity index (χ4n) is 2.32. The molecule has 0 spiro atoms. The smallest absolute Gasteiger partial charge is 0.229 e. The van der Waals surface area contributed by atoms with Crippen LogP contribution >= 0.6 is 0 Å². The second kappa shape index (κ2) is 6.07. The first-order chi connectivity index (χ1) is 11.0. The molecule has 23 heavy (non-hydrogen) atoms. The van der Waals surface area contributed by atoms with E-state index in [-0.39, 0.29) is 18.0 Å². The van der Waals surface area contributed by atoms with Crippen molar-refractivity contribution in [3.63, 3.8) is 0 Å². The van der Waals surface area contributed by atoms with Gasteiger partial charge in [-0.15, -0.1) is 0 Å². The average molecular weight is 313 g/mol. The van der Waals surface area contributed by atoms with Crippen LogP contribution in [0, 0.1) is 13.8 Å². The lowest BCUT2D eigenvalue weighted by Gasteiger charge is -2.10. The molecule has 2 aromatic rings. The van der Waals surface area contributed by atoms with Gasteiger partial charge in [0.2, 0.25) is 17.8 Å². The van der Waals surface area contributed by atoms with Gasteiger partial charge in [-0.05, 0) is 36.6 Å². The van der Waals surface area contributed by atoms with Gasteiger partial charge < -0.3 is 21.6 Å². The summed E-state index contributed by atoms with van der Waals surface area (Å²) in [6, 6.07) is 6.28. The number of anilines is 3. The van der Waals surface area contributed by atoms with Gasteiger partial charge >= 0.3 is 0 Å². The Bertz CT molecular complexity index is 739. The van der Waals surface area contributed by atoms with Crippen molar-refractivity contribution in [2.75, 3.05) is 23.3 Å². The van der Waals surface area contributed by atoms with Crippen molar-refractivity contribution >= 4 is 23.6 Å². The molecular weight excluding hydrogens is 294 g/mol. The summed E-state index contributed by atoms with van der Waals surface area (Å²) in [6.07, 6.45) is 0.622. The Morgan fingerprint density at radius 3 is 2.57 bits per heavy atom. The zero-order chi connectivity index (χ0) is 16.4. The van der Waals surface area contributed by atoms with Gasteiger partial charge in [0, 0.05) is 6.42 Å². The number of rotatable bonds is 4. The predicted octanol–water partition coefficient (Wildman–Crippen LogP) is 1.26. The summed E-state index contributed by atoms with van der Waals surface area (Å²) in [7, 11) is 0. The second-order valence-electron chi connectivity index (χ2n) is 5.52. The maximum absolute atomic E-state index is 5.53. The van der Waals surface area contributed by atoms with Gasteiger partial charge in [0.15, 0.2) is 0 Å². The summed E-state index contributed by atoms with van der Waals surface area (Å²) < 4.78 is 0. The maximum atomic E-state index is 5.53. The molecule has 1 aliphatic heterocycles. The number of nitrogens with zero attached hydrogens (tertiary/aromatic N) is 4. The van der Waals surface area contributed by atoms with Gasteiger partial charge in [0.05, 0.1) is 12.3 Å². The first kappa shape index (κ1) is 15.0. The van der Waals surface area contributed by atoms with Crippen molar-refractivity contribution in [3.05, 3.63) is 34.9 Å². The van der Waals surface area contributed by atoms with Crippen molar-refractivity contribution in [2.45, 2.75) is 26.4 Å². The highest BCUT2D eigenvalue weighted by Crippen LogP contribution is 2.19. The Kier molecular flexibility index (Phi) is 3.96. The maximum Gasteiger partial charge on any atom is 0.229 e. The minimum Gasteiger partial charge on any atom is -0.390 e. The van der Waals surface area contributed by atoms with Crippen molar-refractivity contribution in [1.82, 2.24) is 15.0 Å². The number of nitrogens with two attached hydrogens (primary N) is 2.